The fraction of sp³-hybridized carbons (Fsp3) is 0.812. The number of aliphatic carboxylic acids is 1. The maximum atomic E-state index is 12.1. The Hall–Kier alpha value is -1.43. The number of ketones is 1. The number of carboxylic acids is 1. The molecular weight excluding hydrogens is 284 g/mol. The molecule has 22 heavy (non-hydrogen) atoms. The molecule has 1 amide bonds. The first-order chi connectivity index (χ1) is 10.6. The number of amides is 1. The molecule has 128 valence electrons. The molecule has 6 heteroatoms. The first-order valence-electron chi connectivity index (χ1n) is 8.35. The van der Waals surface area contributed by atoms with E-state index in [0.717, 1.165) is 12.8 Å². The van der Waals surface area contributed by atoms with Gasteiger partial charge >= 0.3 is 5.97 Å². The molecule has 0 aromatic carbocycles. The SMILES string of the molecule is [2H]CC(=O)[C@H](CCC(=O)O)NC(=O)C(C)NCCCC(C)(C)C. The van der Waals surface area contributed by atoms with Crippen molar-refractivity contribution in [1.82, 2.24) is 10.6 Å². The minimum atomic E-state index is -1.03. The molecule has 0 aliphatic rings. The Labute approximate surface area is 134 Å². The van der Waals surface area contributed by atoms with Gasteiger partial charge in [-0.3, -0.25) is 14.4 Å². The standard InChI is InChI=1S/C16H30N2O4/c1-11(17-10-6-9-16(3,4)5)15(22)18-13(12(2)19)7-8-14(20)21/h11,13,17H,6-10H2,1-5H3,(H,18,22)(H,20,21)/t11?,13-/m0/s1/i2D. The van der Waals surface area contributed by atoms with Crippen molar-refractivity contribution in [2.24, 2.45) is 5.41 Å². The second-order valence-corrected chi connectivity index (χ2v) is 6.80. The zero-order valence-corrected chi connectivity index (χ0v) is 14.1. The molecule has 0 heterocycles. The van der Waals surface area contributed by atoms with Gasteiger partial charge < -0.3 is 15.7 Å². The van der Waals surface area contributed by atoms with E-state index in [2.05, 4.69) is 31.4 Å². The van der Waals surface area contributed by atoms with Crippen molar-refractivity contribution in [3.63, 3.8) is 0 Å². The smallest absolute Gasteiger partial charge is 0.303 e. The van der Waals surface area contributed by atoms with E-state index in [0.29, 0.717) is 6.54 Å². The van der Waals surface area contributed by atoms with Crippen LogP contribution < -0.4 is 10.6 Å². The Morgan fingerprint density at radius 3 is 2.41 bits per heavy atom. The normalized spacial score (nSPS) is 14.8. The quantitative estimate of drug-likeness (QED) is 0.534. The summed E-state index contributed by atoms with van der Waals surface area (Å²) in [5.74, 6) is -1.85. The first kappa shape index (κ1) is 18.6. The topological polar surface area (TPSA) is 95.5 Å². The van der Waals surface area contributed by atoms with Crippen LogP contribution in [-0.4, -0.2) is 41.4 Å². The van der Waals surface area contributed by atoms with Gasteiger partial charge in [0.1, 0.15) is 0 Å². The van der Waals surface area contributed by atoms with Gasteiger partial charge in [0.25, 0.3) is 0 Å². The third-order valence-corrected chi connectivity index (χ3v) is 3.30. The van der Waals surface area contributed by atoms with Gasteiger partial charge in [0.05, 0.1) is 12.1 Å². The lowest BCUT2D eigenvalue weighted by Gasteiger charge is -2.21. The van der Waals surface area contributed by atoms with E-state index in [4.69, 9.17) is 6.48 Å². The highest BCUT2D eigenvalue weighted by atomic mass is 16.4. The van der Waals surface area contributed by atoms with Gasteiger partial charge in [-0.25, -0.2) is 0 Å². The Kier molecular flexibility index (Phi) is 8.09. The number of carbonyl (C=O) groups is 3. The average molecular weight is 315 g/mol. The first-order valence-corrected chi connectivity index (χ1v) is 7.64. The summed E-state index contributed by atoms with van der Waals surface area (Å²) < 4.78 is 7.11. The molecule has 0 spiro atoms. The second kappa shape index (κ2) is 9.56. The van der Waals surface area contributed by atoms with Crippen molar-refractivity contribution in [3.8, 4) is 0 Å². The summed E-state index contributed by atoms with van der Waals surface area (Å²) in [4.78, 5) is 34.3. The molecule has 0 saturated heterocycles. The third-order valence-electron chi connectivity index (χ3n) is 3.30. The molecule has 0 radical (unpaired) electrons. The maximum absolute atomic E-state index is 12.1. The third kappa shape index (κ3) is 10.3. The van der Waals surface area contributed by atoms with E-state index in [1.165, 1.54) is 0 Å². The molecule has 0 aromatic rings. The molecule has 0 aromatic heterocycles. The zero-order chi connectivity index (χ0) is 18.0. The predicted octanol–water partition coefficient (Wildman–Crippen LogP) is 1.73. The van der Waals surface area contributed by atoms with Gasteiger partial charge in [0.2, 0.25) is 5.91 Å². The molecule has 0 aliphatic heterocycles. The van der Waals surface area contributed by atoms with Gasteiger partial charge in [-0.1, -0.05) is 20.8 Å². The second-order valence-electron chi connectivity index (χ2n) is 6.80. The fourth-order valence-electron chi connectivity index (χ4n) is 1.91. The number of carboxylic acid groups (broad SMARTS) is 1. The van der Waals surface area contributed by atoms with Crippen LogP contribution in [0.2, 0.25) is 0 Å². The molecular formula is C16H30N2O4. The van der Waals surface area contributed by atoms with Crippen molar-refractivity contribution in [2.75, 3.05) is 6.54 Å². The molecule has 2 atom stereocenters. The van der Waals surface area contributed by atoms with Crippen molar-refractivity contribution < 1.29 is 20.9 Å². The lowest BCUT2D eigenvalue weighted by molar-refractivity contribution is -0.137. The van der Waals surface area contributed by atoms with Crippen LogP contribution in [0.1, 0.15) is 61.6 Å². The van der Waals surface area contributed by atoms with Crippen LogP contribution in [0, 0.1) is 5.41 Å². The average Bonchev–Trinajstić information content (AvgIpc) is 2.45. The Morgan fingerprint density at radius 2 is 1.91 bits per heavy atom. The van der Waals surface area contributed by atoms with Crippen molar-refractivity contribution in [3.05, 3.63) is 0 Å². The van der Waals surface area contributed by atoms with Crippen LogP contribution in [-0.2, 0) is 14.4 Å². The van der Waals surface area contributed by atoms with Gasteiger partial charge in [-0.2, -0.15) is 0 Å². The lowest BCUT2D eigenvalue weighted by atomic mass is 9.90. The number of rotatable bonds is 10. The highest BCUT2D eigenvalue weighted by molar-refractivity contribution is 5.89. The molecule has 6 nitrogen and oxygen atoms in total. The number of carbonyl (C=O) groups excluding carboxylic acids is 2. The summed E-state index contributed by atoms with van der Waals surface area (Å²) in [6.07, 6.45) is 1.77. The zero-order valence-electron chi connectivity index (χ0n) is 15.1. The van der Waals surface area contributed by atoms with Gasteiger partial charge in [0.15, 0.2) is 5.78 Å². The minimum Gasteiger partial charge on any atom is -0.481 e. The lowest BCUT2D eigenvalue weighted by Crippen LogP contribution is -2.48. The largest absolute Gasteiger partial charge is 0.481 e. The molecule has 0 fully saturated rings. The summed E-state index contributed by atoms with van der Waals surface area (Å²) in [5.41, 5.74) is 0.246. The number of Topliss-reactive ketones (excluding diaryl/α,β-unsaturated/α-hetero) is 1. The van der Waals surface area contributed by atoms with Crippen LogP contribution >= 0.6 is 0 Å². The number of hydrogen-bond donors (Lipinski definition) is 3. The van der Waals surface area contributed by atoms with Crippen molar-refractivity contribution in [2.45, 2.75) is 72.4 Å². The maximum Gasteiger partial charge on any atom is 0.303 e. The van der Waals surface area contributed by atoms with Crippen LogP contribution in [0.15, 0.2) is 0 Å². The van der Waals surface area contributed by atoms with E-state index >= 15 is 0 Å². The highest BCUT2D eigenvalue weighted by Gasteiger charge is 2.21. The van der Waals surface area contributed by atoms with E-state index in [1.54, 1.807) is 6.92 Å². The fourth-order valence-corrected chi connectivity index (χ4v) is 1.91. The summed E-state index contributed by atoms with van der Waals surface area (Å²) in [5, 5.41) is 14.3. The molecule has 0 rings (SSSR count). The van der Waals surface area contributed by atoms with Crippen molar-refractivity contribution in [1.29, 1.82) is 0 Å². The van der Waals surface area contributed by atoms with Crippen LogP contribution in [0.5, 0.6) is 0 Å². The molecule has 1 unspecified atom stereocenters. The van der Waals surface area contributed by atoms with E-state index in [1.807, 2.05) is 0 Å². The Morgan fingerprint density at radius 1 is 1.27 bits per heavy atom. The summed E-state index contributed by atoms with van der Waals surface area (Å²) in [7, 11) is 0. The highest BCUT2D eigenvalue weighted by Crippen LogP contribution is 2.19. The van der Waals surface area contributed by atoms with Gasteiger partial charge in [0, 0.05) is 7.79 Å². The van der Waals surface area contributed by atoms with Gasteiger partial charge in [-0.05, 0) is 45.0 Å². The number of hydrogen-bond acceptors (Lipinski definition) is 4. The van der Waals surface area contributed by atoms with Crippen LogP contribution in [0.3, 0.4) is 0 Å². The molecule has 0 saturated carbocycles. The molecule has 0 aliphatic carbocycles. The summed E-state index contributed by atoms with van der Waals surface area (Å²) in [6, 6.07) is -1.38. The predicted molar refractivity (Wildman–Crippen MR) is 85.6 cm³/mol. The van der Waals surface area contributed by atoms with Crippen LogP contribution in [0.4, 0.5) is 0 Å². The summed E-state index contributed by atoms with van der Waals surface area (Å²) >= 11 is 0. The van der Waals surface area contributed by atoms with Crippen LogP contribution in [0.25, 0.3) is 0 Å². The monoisotopic (exact) mass is 315 g/mol. The summed E-state index contributed by atoms with van der Waals surface area (Å²) in [6.45, 7) is 8.38. The molecule has 0 bridgehead atoms. The van der Waals surface area contributed by atoms with E-state index < -0.39 is 30.7 Å². The number of nitrogens with one attached hydrogen (secondary N) is 2. The van der Waals surface area contributed by atoms with E-state index in [9.17, 15) is 14.4 Å². The Balaban J connectivity index is 4.32. The van der Waals surface area contributed by atoms with Crippen molar-refractivity contribution >= 4 is 17.7 Å². The Bertz CT molecular complexity index is 407. The van der Waals surface area contributed by atoms with Gasteiger partial charge in [-0.15, -0.1) is 0 Å². The molecule has 3 N–H and O–H groups in total. The van der Waals surface area contributed by atoms with E-state index in [-0.39, 0.29) is 24.2 Å². The minimum absolute atomic E-state index is 0.00946.